The van der Waals surface area contributed by atoms with Gasteiger partial charge in [0.15, 0.2) is 0 Å². The van der Waals surface area contributed by atoms with E-state index in [-0.39, 0.29) is 13.1 Å². The summed E-state index contributed by atoms with van der Waals surface area (Å²) in [7, 11) is 0. The first kappa shape index (κ1) is 13.1. The lowest BCUT2D eigenvalue weighted by Crippen LogP contribution is -2.33. The van der Waals surface area contributed by atoms with Crippen molar-refractivity contribution in [3.63, 3.8) is 0 Å². The molecule has 0 heterocycles. The van der Waals surface area contributed by atoms with Crippen LogP contribution < -0.4 is 11.5 Å². The Labute approximate surface area is 95.9 Å². The van der Waals surface area contributed by atoms with Gasteiger partial charge in [0.05, 0.1) is 11.2 Å². The summed E-state index contributed by atoms with van der Waals surface area (Å²) < 4.78 is 0. The number of benzene rings is 1. The minimum absolute atomic E-state index is 0.152. The predicted octanol–water partition coefficient (Wildman–Crippen LogP) is 0.0190. The summed E-state index contributed by atoms with van der Waals surface area (Å²) in [6.07, 6.45) is 0. The first-order valence-electron chi connectivity index (χ1n) is 5.29. The molecule has 1 rings (SSSR count). The Hall–Kier alpha value is -0.940. The Bertz CT molecular complexity index is 310. The largest absolute Gasteiger partial charge is 0.384 e. The van der Waals surface area contributed by atoms with Gasteiger partial charge in [-0.2, -0.15) is 0 Å². The molecule has 4 heteroatoms. The Morgan fingerprint density at radius 1 is 0.875 bits per heavy atom. The molecule has 0 bridgehead atoms. The van der Waals surface area contributed by atoms with Gasteiger partial charge in [-0.15, -0.1) is 0 Å². The van der Waals surface area contributed by atoms with Gasteiger partial charge in [0.25, 0.3) is 0 Å². The predicted molar refractivity (Wildman–Crippen MR) is 63.7 cm³/mol. The normalized spacial score (nSPS) is 18.9. The van der Waals surface area contributed by atoms with Gasteiger partial charge >= 0.3 is 0 Å². The zero-order valence-electron chi connectivity index (χ0n) is 9.77. The standard InChI is InChI=1S/C12H20N2O2/c1-11(15,7-13)9-3-5-10(6-4-9)12(2,16)8-14/h3-6,15-16H,7-8,13-14H2,1-2H3. The fourth-order valence-corrected chi connectivity index (χ4v) is 1.42. The summed E-state index contributed by atoms with van der Waals surface area (Å²) in [5.74, 6) is 0. The van der Waals surface area contributed by atoms with E-state index in [1.165, 1.54) is 0 Å². The molecule has 2 atom stereocenters. The summed E-state index contributed by atoms with van der Waals surface area (Å²) in [6.45, 7) is 3.62. The summed E-state index contributed by atoms with van der Waals surface area (Å²) in [4.78, 5) is 0. The molecule has 1 aromatic carbocycles. The van der Waals surface area contributed by atoms with Crippen LogP contribution in [0.3, 0.4) is 0 Å². The van der Waals surface area contributed by atoms with Crippen LogP contribution in [0.5, 0.6) is 0 Å². The van der Waals surface area contributed by atoms with Crippen LogP contribution in [-0.4, -0.2) is 23.3 Å². The second kappa shape index (κ2) is 4.51. The van der Waals surface area contributed by atoms with E-state index in [1.54, 1.807) is 38.1 Å². The van der Waals surface area contributed by atoms with E-state index >= 15 is 0 Å². The highest BCUT2D eigenvalue weighted by Crippen LogP contribution is 2.24. The van der Waals surface area contributed by atoms with Crippen molar-refractivity contribution >= 4 is 0 Å². The van der Waals surface area contributed by atoms with Gasteiger partial charge in [0, 0.05) is 13.1 Å². The Kier molecular flexibility index (Phi) is 3.70. The first-order valence-corrected chi connectivity index (χ1v) is 5.29. The summed E-state index contributed by atoms with van der Waals surface area (Å²) in [6, 6.07) is 7.03. The molecule has 0 fully saturated rings. The Morgan fingerprint density at radius 3 is 1.31 bits per heavy atom. The highest BCUT2D eigenvalue weighted by Gasteiger charge is 2.24. The van der Waals surface area contributed by atoms with Crippen molar-refractivity contribution in [2.45, 2.75) is 25.0 Å². The molecule has 0 saturated carbocycles. The maximum atomic E-state index is 9.93. The van der Waals surface area contributed by atoms with E-state index < -0.39 is 11.2 Å². The van der Waals surface area contributed by atoms with Gasteiger partial charge in [-0.1, -0.05) is 24.3 Å². The van der Waals surface area contributed by atoms with Crippen LogP contribution in [0, 0.1) is 0 Å². The molecule has 0 saturated heterocycles. The molecular formula is C12H20N2O2. The maximum absolute atomic E-state index is 9.93. The molecule has 0 spiro atoms. The average Bonchev–Trinajstić information content (AvgIpc) is 2.29. The molecular weight excluding hydrogens is 204 g/mol. The second-order valence-electron chi connectivity index (χ2n) is 4.53. The fourth-order valence-electron chi connectivity index (χ4n) is 1.42. The van der Waals surface area contributed by atoms with Crippen LogP contribution in [0.25, 0.3) is 0 Å². The van der Waals surface area contributed by atoms with Gasteiger partial charge in [-0.25, -0.2) is 0 Å². The van der Waals surface area contributed by atoms with Crippen LogP contribution in [-0.2, 0) is 11.2 Å². The van der Waals surface area contributed by atoms with E-state index in [0.29, 0.717) is 0 Å². The van der Waals surface area contributed by atoms with Crippen LogP contribution in [0.1, 0.15) is 25.0 Å². The molecule has 90 valence electrons. The van der Waals surface area contributed by atoms with Gasteiger partial charge in [-0.3, -0.25) is 0 Å². The number of hydrogen-bond donors (Lipinski definition) is 4. The summed E-state index contributed by atoms with van der Waals surface area (Å²) >= 11 is 0. The molecule has 16 heavy (non-hydrogen) atoms. The third-order valence-electron chi connectivity index (χ3n) is 2.92. The zero-order valence-corrected chi connectivity index (χ0v) is 9.77. The number of nitrogens with two attached hydrogens (primary N) is 2. The van der Waals surface area contributed by atoms with Crippen molar-refractivity contribution in [1.29, 1.82) is 0 Å². The number of aliphatic hydroxyl groups is 2. The van der Waals surface area contributed by atoms with Gasteiger partial charge in [0.1, 0.15) is 0 Å². The van der Waals surface area contributed by atoms with Gasteiger partial charge < -0.3 is 21.7 Å². The van der Waals surface area contributed by atoms with Crippen molar-refractivity contribution < 1.29 is 10.2 Å². The third kappa shape index (κ3) is 2.59. The monoisotopic (exact) mass is 224 g/mol. The first-order chi connectivity index (χ1) is 7.33. The lowest BCUT2D eigenvalue weighted by molar-refractivity contribution is 0.0628. The second-order valence-corrected chi connectivity index (χ2v) is 4.53. The molecule has 0 aromatic heterocycles. The molecule has 0 aliphatic carbocycles. The quantitative estimate of drug-likeness (QED) is 0.580. The molecule has 4 nitrogen and oxygen atoms in total. The van der Waals surface area contributed by atoms with Crippen molar-refractivity contribution in [1.82, 2.24) is 0 Å². The van der Waals surface area contributed by atoms with E-state index in [0.717, 1.165) is 11.1 Å². The van der Waals surface area contributed by atoms with Crippen LogP contribution in [0.4, 0.5) is 0 Å². The van der Waals surface area contributed by atoms with E-state index in [4.69, 9.17) is 11.5 Å². The van der Waals surface area contributed by atoms with Crippen molar-refractivity contribution in [2.75, 3.05) is 13.1 Å². The molecule has 1 aromatic rings. The van der Waals surface area contributed by atoms with Gasteiger partial charge in [-0.05, 0) is 25.0 Å². The zero-order chi connectivity index (χ0) is 12.4. The number of hydrogen-bond acceptors (Lipinski definition) is 4. The van der Waals surface area contributed by atoms with Crippen molar-refractivity contribution in [3.05, 3.63) is 35.4 Å². The lowest BCUT2D eigenvalue weighted by atomic mass is 9.91. The van der Waals surface area contributed by atoms with E-state index in [9.17, 15) is 10.2 Å². The molecule has 6 N–H and O–H groups in total. The fraction of sp³-hybridized carbons (Fsp3) is 0.500. The average molecular weight is 224 g/mol. The topological polar surface area (TPSA) is 92.5 Å². The smallest absolute Gasteiger partial charge is 0.0990 e. The minimum Gasteiger partial charge on any atom is -0.384 e. The van der Waals surface area contributed by atoms with Crippen molar-refractivity contribution in [2.24, 2.45) is 11.5 Å². The summed E-state index contributed by atoms with van der Waals surface area (Å²) in [5.41, 5.74) is 10.3. The van der Waals surface area contributed by atoms with E-state index in [2.05, 4.69) is 0 Å². The third-order valence-corrected chi connectivity index (χ3v) is 2.92. The lowest BCUT2D eigenvalue weighted by Gasteiger charge is -2.25. The Balaban J connectivity index is 3.00. The molecule has 0 aliphatic rings. The SMILES string of the molecule is CC(O)(CN)c1ccc(C(C)(O)CN)cc1. The minimum atomic E-state index is -1.03. The molecule has 2 unspecified atom stereocenters. The van der Waals surface area contributed by atoms with Crippen LogP contribution in [0.15, 0.2) is 24.3 Å². The van der Waals surface area contributed by atoms with Crippen LogP contribution >= 0.6 is 0 Å². The van der Waals surface area contributed by atoms with Gasteiger partial charge in [0.2, 0.25) is 0 Å². The number of rotatable bonds is 4. The summed E-state index contributed by atoms with van der Waals surface area (Å²) in [5, 5.41) is 19.9. The molecule has 0 radical (unpaired) electrons. The highest BCUT2D eigenvalue weighted by molar-refractivity contribution is 5.30. The van der Waals surface area contributed by atoms with E-state index in [1.807, 2.05) is 0 Å². The highest BCUT2D eigenvalue weighted by atomic mass is 16.3. The van der Waals surface area contributed by atoms with Crippen molar-refractivity contribution in [3.8, 4) is 0 Å². The Morgan fingerprint density at radius 2 is 1.12 bits per heavy atom. The maximum Gasteiger partial charge on any atom is 0.0990 e. The van der Waals surface area contributed by atoms with Crippen LogP contribution in [0.2, 0.25) is 0 Å². The molecule has 0 aliphatic heterocycles. The molecule has 0 amide bonds.